The van der Waals surface area contributed by atoms with Gasteiger partial charge in [-0.05, 0) is 56.9 Å². The van der Waals surface area contributed by atoms with Gasteiger partial charge in [-0.2, -0.15) is 0 Å². The minimum Gasteiger partial charge on any atom is -0.360 e. The smallest absolute Gasteiger partial charge is 0.329 e. The van der Waals surface area contributed by atoms with Crippen LogP contribution in [0.1, 0.15) is 37.0 Å². The molecule has 3 aliphatic rings. The number of benzene rings is 1. The summed E-state index contributed by atoms with van der Waals surface area (Å²) >= 11 is 0. The first kappa shape index (κ1) is 18.0. The summed E-state index contributed by atoms with van der Waals surface area (Å²) in [4.78, 5) is 41.4. The third-order valence-electron chi connectivity index (χ3n) is 6.19. The maximum atomic E-state index is 12.8. The van der Waals surface area contributed by atoms with Crippen LogP contribution in [0.4, 0.5) is 10.5 Å². The Labute approximate surface area is 159 Å². The molecule has 1 aromatic rings. The Kier molecular flexibility index (Phi) is 4.42. The first-order valence-corrected chi connectivity index (χ1v) is 9.72. The van der Waals surface area contributed by atoms with E-state index in [0.29, 0.717) is 12.6 Å². The lowest BCUT2D eigenvalue weighted by Gasteiger charge is -2.34. The number of quaternary nitrogens is 1. The number of amides is 3. The summed E-state index contributed by atoms with van der Waals surface area (Å²) in [5, 5.41) is 2.92. The number of hydrogen-bond acceptors (Lipinski definition) is 4. The number of piperazine rings is 1. The van der Waals surface area contributed by atoms with E-state index in [1.54, 1.807) is 6.92 Å². The Morgan fingerprint density at radius 3 is 2.37 bits per heavy atom. The van der Waals surface area contributed by atoms with Crippen LogP contribution in [0.5, 0.6) is 0 Å². The monoisotopic (exact) mass is 371 g/mol. The zero-order valence-corrected chi connectivity index (χ0v) is 16.0. The van der Waals surface area contributed by atoms with Gasteiger partial charge in [-0.3, -0.25) is 9.59 Å². The van der Waals surface area contributed by atoms with Crippen molar-refractivity contribution in [2.75, 3.05) is 37.7 Å². The van der Waals surface area contributed by atoms with E-state index in [0.717, 1.165) is 50.3 Å². The Morgan fingerprint density at radius 2 is 1.81 bits per heavy atom. The third kappa shape index (κ3) is 3.32. The second-order valence-corrected chi connectivity index (χ2v) is 8.14. The molecular formula is C20H27N4O3+. The average molecular weight is 371 g/mol. The molecule has 4 rings (SSSR count). The van der Waals surface area contributed by atoms with Crippen molar-refractivity contribution >= 4 is 23.4 Å². The van der Waals surface area contributed by atoms with Crippen molar-refractivity contribution < 1.29 is 19.3 Å². The number of nitrogens with one attached hydrogen (secondary N) is 2. The molecule has 1 atom stereocenters. The predicted molar refractivity (Wildman–Crippen MR) is 101 cm³/mol. The van der Waals surface area contributed by atoms with Gasteiger partial charge >= 0.3 is 6.03 Å². The lowest BCUT2D eigenvalue weighted by atomic mass is 9.96. The van der Waals surface area contributed by atoms with Crippen LogP contribution in [0.15, 0.2) is 24.3 Å². The second kappa shape index (κ2) is 6.64. The number of urea groups is 1. The molecule has 0 radical (unpaired) electrons. The summed E-state index contributed by atoms with van der Waals surface area (Å²) in [7, 11) is 0. The number of rotatable bonds is 5. The Bertz CT molecular complexity index is 766. The summed E-state index contributed by atoms with van der Waals surface area (Å²) in [5.74, 6) is 0.302. The number of carbonyl (C=O) groups excluding carboxylic acids is 3. The van der Waals surface area contributed by atoms with Crippen LogP contribution in [0.25, 0.3) is 0 Å². The van der Waals surface area contributed by atoms with Gasteiger partial charge in [0.15, 0.2) is 12.5 Å². The summed E-state index contributed by atoms with van der Waals surface area (Å²) in [6, 6.07) is 7.45. The minimum atomic E-state index is -0.698. The van der Waals surface area contributed by atoms with Gasteiger partial charge in [0.1, 0.15) is 5.54 Å². The maximum Gasteiger partial charge on any atom is 0.329 e. The fourth-order valence-corrected chi connectivity index (χ4v) is 4.17. The van der Waals surface area contributed by atoms with Crippen molar-refractivity contribution in [1.82, 2.24) is 10.2 Å². The second-order valence-electron chi connectivity index (χ2n) is 8.14. The van der Waals surface area contributed by atoms with E-state index >= 15 is 0 Å². The lowest BCUT2D eigenvalue weighted by molar-refractivity contribution is -0.907. The SMILES string of the molecule is CC(=O)c1ccc(N2CC[NH+](CN3C(=O)N[C@](C)(C4CC4)C3=O)CC2)cc1. The number of hydrogen-bond donors (Lipinski definition) is 2. The van der Waals surface area contributed by atoms with Gasteiger partial charge in [-0.15, -0.1) is 0 Å². The van der Waals surface area contributed by atoms with Crippen LogP contribution < -0.4 is 15.1 Å². The Morgan fingerprint density at radius 1 is 1.19 bits per heavy atom. The zero-order chi connectivity index (χ0) is 19.2. The highest BCUT2D eigenvalue weighted by Gasteiger charge is 2.56. The van der Waals surface area contributed by atoms with Gasteiger partial charge in [0, 0.05) is 11.3 Å². The van der Waals surface area contributed by atoms with Crippen molar-refractivity contribution in [2.24, 2.45) is 5.92 Å². The van der Waals surface area contributed by atoms with E-state index in [1.807, 2.05) is 31.2 Å². The summed E-state index contributed by atoms with van der Waals surface area (Å²) in [6.07, 6.45) is 2.04. The minimum absolute atomic E-state index is 0.0650. The van der Waals surface area contributed by atoms with E-state index in [1.165, 1.54) is 9.80 Å². The Balaban J connectivity index is 1.34. The van der Waals surface area contributed by atoms with Gasteiger partial charge in [-0.25, -0.2) is 9.69 Å². The molecule has 3 fully saturated rings. The van der Waals surface area contributed by atoms with Crippen molar-refractivity contribution in [3.63, 3.8) is 0 Å². The number of ketones is 1. The normalized spacial score (nSPS) is 26.4. The first-order chi connectivity index (χ1) is 12.9. The van der Waals surface area contributed by atoms with E-state index in [9.17, 15) is 14.4 Å². The number of Topliss-reactive ketones (excluding diaryl/α,β-unsaturated/α-hetero) is 1. The number of nitrogens with zero attached hydrogens (tertiary/aromatic N) is 2. The predicted octanol–water partition coefficient (Wildman–Crippen LogP) is 0.272. The molecule has 0 aromatic heterocycles. The molecule has 1 saturated carbocycles. The highest BCUT2D eigenvalue weighted by molar-refractivity contribution is 6.07. The quantitative estimate of drug-likeness (QED) is 0.576. The van der Waals surface area contributed by atoms with Crippen LogP contribution in [0.3, 0.4) is 0 Å². The fraction of sp³-hybridized carbons (Fsp3) is 0.550. The molecule has 7 heteroatoms. The molecular weight excluding hydrogens is 344 g/mol. The standard InChI is InChI=1S/C20H26N4O3/c1-14(25)15-3-7-17(8-4-15)23-11-9-22(10-12-23)13-24-18(26)20(2,16-5-6-16)21-19(24)27/h3-4,7-8,16H,5-6,9-13H2,1-2H3,(H,21,27)/p+1/t20-/m1/s1. The Hall–Kier alpha value is -2.41. The molecule has 3 amide bonds. The number of carbonyl (C=O) groups is 3. The summed E-state index contributed by atoms with van der Waals surface area (Å²) < 4.78 is 0. The highest BCUT2D eigenvalue weighted by Crippen LogP contribution is 2.42. The lowest BCUT2D eigenvalue weighted by Crippen LogP contribution is -3.16. The molecule has 0 unspecified atom stereocenters. The van der Waals surface area contributed by atoms with Crippen molar-refractivity contribution in [2.45, 2.75) is 32.2 Å². The van der Waals surface area contributed by atoms with Crippen molar-refractivity contribution in [3.8, 4) is 0 Å². The molecule has 1 aromatic carbocycles. The average Bonchev–Trinajstić information content (AvgIpc) is 3.48. The first-order valence-electron chi connectivity index (χ1n) is 9.72. The highest BCUT2D eigenvalue weighted by atomic mass is 16.2. The van der Waals surface area contributed by atoms with Gasteiger partial charge in [0.05, 0.1) is 26.2 Å². The maximum absolute atomic E-state index is 12.8. The van der Waals surface area contributed by atoms with Crippen molar-refractivity contribution in [3.05, 3.63) is 29.8 Å². The summed E-state index contributed by atoms with van der Waals surface area (Å²) in [6.45, 7) is 7.32. The van der Waals surface area contributed by atoms with Gasteiger partial charge < -0.3 is 15.1 Å². The van der Waals surface area contributed by atoms with E-state index < -0.39 is 5.54 Å². The van der Waals surface area contributed by atoms with E-state index in [2.05, 4.69) is 10.2 Å². The third-order valence-corrected chi connectivity index (χ3v) is 6.19. The molecule has 27 heavy (non-hydrogen) atoms. The van der Waals surface area contributed by atoms with Gasteiger partial charge in [0.2, 0.25) is 0 Å². The van der Waals surface area contributed by atoms with Crippen LogP contribution in [-0.4, -0.2) is 61.0 Å². The van der Waals surface area contributed by atoms with Crippen LogP contribution >= 0.6 is 0 Å². The fourth-order valence-electron chi connectivity index (χ4n) is 4.17. The number of imide groups is 1. The molecule has 2 aliphatic heterocycles. The summed E-state index contributed by atoms with van der Waals surface area (Å²) in [5.41, 5.74) is 1.13. The van der Waals surface area contributed by atoms with Crippen LogP contribution in [0.2, 0.25) is 0 Å². The molecule has 2 saturated heterocycles. The van der Waals surface area contributed by atoms with E-state index in [-0.39, 0.29) is 17.7 Å². The molecule has 7 nitrogen and oxygen atoms in total. The van der Waals surface area contributed by atoms with Crippen LogP contribution in [0, 0.1) is 5.92 Å². The molecule has 144 valence electrons. The molecule has 0 spiro atoms. The van der Waals surface area contributed by atoms with Crippen molar-refractivity contribution in [1.29, 1.82) is 0 Å². The largest absolute Gasteiger partial charge is 0.360 e. The topological polar surface area (TPSA) is 74.2 Å². The molecule has 2 N–H and O–H groups in total. The zero-order valence-electron chi connectivity index (χ0n) is 16.0. The number of anilines is 1. The molecule has 2 heterocycles. The van der Waals surface area contributed by atoms with Crippen LogP contribution in [-0.2, 0) is 4.79 Å². The van der Waals surface area contributed by atoms with E-state index in [4.69, 9.17) is 0 Å². The molecule has 0 bridgehead atoms. The molecule has 1 aliphatic carbocycles. The van der Waals surface area contributed by atoms with Gasteiger partial charge in [0.25, 0.3) is 5.91 Å². The van der Waals surface area contributed by atoms with Gasteiger partial charge in [-0.1, -0.05) is 0 Å².